The van der Waals surface area contributed by atoms with E-state index in [-0.39, 0.29) is 22.1 Å². The highest BCUT2D eigenvalue weighted by Crippen LogP contribution is 2.27. The molecule has 0 radical (unpaired) electrons. The second-order valence-corrected chi connectivity index (χ2v) is 7.63. The lowest BCUT2D eigenvalue weighted by Gasteiger charge is -2.13. The molecule has 8 nitrogen and oxygen atoms in total. The van der Waals surface area contributed by atoms with Crippen molar-refractivity contribution in [3.63, 3.8) is 0 Å². The number of hydrogen-bond acceptors (Lipinski definition) is 7. The highest BCUT2D eigenvalue weighted by atomic mass is 35.5. The highest BCUT2D eigenvalue weighted by molar-refractivity contribution is 7.13. The number of benzene rings is 2. The molecule has 3 rings (SSSR count). The van der Waals surface area contributed by atoms with Gasteiger partial charge in [-0.05, 0) is 19.9 Å². The normalized spacial score (nSPS) is 11.6. The third kappa shape index (κ3) is 5.00. The minimum atomic E-state index is -1.13. The van der Waals surface area contributed by atoms with Crippen LogP contribution < -0.4 is 5.32 Å². The van der Waals surface area contributed by atoms with Crippen LogP contribution in [0.2, 0.25) is 5.02 Å². The standard InChI is InChI=1S/C20H16ClN3O5S/c1-11-3-5-13(6-4-11)19-23-17(10-30-19)20(26)29-12(2)18(25)22-16-8-7-14(24(27)28)9-15(16)21/h3-10,12H,1-2H3,(H,22,25). The maximum atomic E-state index is 12.3. The van der Waals surface area contributed by atoms with E-state index in [1.54, 1.807) is 5.38 Å². The lowest BCUT2D eigenvalue weighted by Crippen LogP contribution is -2.30. The molecule has 0 aliphatic carbocycles. The van der Waals surface area contributed by atoms with E-state index in [0.29, 0.717) is 5.01 Å². The number of nitro groups is 1. The summed E-state index contributed by atoms with van der Waals surface area (Å²) in [4.78, 5) is 39.1. The molecule has 1 unspecified atom stereocenters. The van der Waals surface area contributed by atoms with Crippen molar-refractivity contribution in [2.75, 3.05) is 5.32 Å². The molecule has 1 heterocycles. The Morgan fingerprint density at radius 3 is 2.57 bits per heavy atom. The van der Waals surface area contributed by atoms with Crippen molar-refractivity contribution in [1.82, 2.24) is 4.98 Å². The van der Waals surface area contributed by atoms with E-state index in [1.165, 1.54) is 30.4 Å². The van der Waals surface area contributed by atoms with E-state index in [9.17, 15) is 19.7 Å². The minimum absolute atomic E-state index is 0.00156. The maximum absolute atomic E-state index is 12.3. The van der Waals surface area contributed by atoms with E-state index in [2.05, 4.69) is 10.3 Å². The SMILES string of the molecule is Cc1ccc(-c2nc(C(=O)OC(C)C(=O)Nc3ccc([N+](=O)[O-])cc3Cl)cs2)cc1. The topological polar surface area (TPSA) is 111 Å². The number of nitrogens with zero attached hydrogens (tertiary/aromatic N) is 2. The van der Waals surface area contributed by atoms with Gasteiger partial charge < -0.3 is 10.1 Å². The lowest BCUT2D eigenvalue weighted by atomic mass is 10.2. The Hall–Kier alpha value is -3.30. The Morgan fingerprint density at radius 2 is 1.93 bits per heavy atom. The first-order chi connectivity index (χ1) is 14.2. The van der Waals surface area contributed by atoms with Gasteiger partial charge in [0.25, 0.3) is 11.6 Å². The third-order valence-electron chi connectivity index (χ3n) is 4.09. The number of rotatable bonds is 6. The van der Waals surface area contributed by atoms with Gasteiger partial charge in [-0.3, -0.25) is 14.9 Å². The van der Waals surface area contributed by atoms with E-state index in [0.717, 1.165) is 17.2 Å². The van der Waals surface area contributed by atoms with Gasteiger partial charge in [0.2, 0.25) is 0 Å². The molecule has 30 heavy (non-hydrogen) atoms. The number of non-ortho nitro benzene ring substituents is 1. The Labute approximate surface area is 180 Å². The van der Waals surface area contributed by atoms with Crippen LogP contribution in [0.25, 0.3) is 10.6 Å². The van der Waals surface area contributed by atoms with Gasteiger partial charge in [-0.1, -0.05) is 41.4 Å². The number of hydrogen-bond donors (Lipinski definition) is 1. The number of nitrogens with one attached hydrogen (secondary N) is 1. The predicted octanol–water partition coefficient (Wildman–Crippen LogP) is 4.86. The third-order valence-corrected chi connectivity index (χ3v) is 5.29. The zero-order chi connectivity index (χ0) is 21.8. The van der Waals surface area contributed by atoms with Gasteiger partial charge in [-0.25, -0.2) is 9.78 Å². The summed E-state index contributed by atoms with van der Waals surface area (Å²) in [5.74, 6) is -1.37. The van der Waals surface area contributed by atoms with E-state index in [4.69, 9.17) is 16.3 Å². The van der Waals surface area contributed by atoms with Crippen molar-refractivity contribution in [3.8, 4) is 10.6 Å². The van der Waals surface area contributed by atoms with Gasteiger partial charge in [0.15, 0.2) is 11.8 Å². The Morgan fingerprint density at radius 1 is 1.23 bits per heavy atom. The van der Waals surface area contributed by atoms with Crippen molar-refractivity contribution in [2.24, 2.45) is 0 Å². The molecule has 10 heteroatoms. The molecule has 2 aromatic carbocycles. The Balaban J connectivity index is 1.63. The molecule has 154 valence electrons. The number of carbonyl (C=O) groups is 2. The molecule has 0 bridgehead atoms. The van der Waals surface area contributed by atoms with Gasteiger partial charge in [0.1, 0.15) is 5.01 Å². The maximum Gasteiger partial charge on any atom is 0.358 e. The van der Waals surface area contributed by atoms with Crippen LogP contribution in [0, 0.1) is 17.0 Å². The number of amides is 1. The molecular weight excluding hydrogens is 430 g/mol. The van der Waals surface area contributed by atoms with Gasteiger partial charge in [-0.15, -0.1) is 11.3 Å². The molecule has 0 saturated heterocycles. The molecule has 0 saturated carbocycles. The first-order valence-electron chi connectivity index (χ1n) is 8.73. The predicted molar refractivity (Wildman–Crippen MR) is 114 cm³/mol. The molecular formula is C20H16ClN3O5S. The average molecular weight is 446 g/mol. The summed E-state index contributed by atoms with van der Waals surface area (Å²) in [7, 11) is 0. The monoisotopic (exact) mass is 445 g/mol. The lowest BCUT2D eigenvalue weighted by molar-refractivity contribution is -0.384. The van der Waals surface area contributed by atoms with Gasteiger partial charge in [0.05, 0.1) is 15.6 Å². The fourth-order valence-corrected chi connectivity index (χ4v) is 3.44. The Bertz CT molecular complexity index is 1110. The number of aryl methyl sites for hydroxylation is 1. The highest BCUT2D eigenvalue weighted by Gasteiger charge is 2.22. The average Bonchev–Trinajstić information content (AvgIpc) is 3.20. The number of carbonyl (C=O) groups excluding carboxylic acids is 2. The summed E-state index contributed by atoms with van der Waals surface area (Å²) in [6.45, 7) is 3.38. The van der Waals surface area contributed by atoms with Crippen LogP contribution in [-0.2, 0) is 9.53 Å². The zero-order valence-electron chi connectivity index (χ0n) is 15.9. The number of nitro benzene ring substituents is 1. The number of anilines is 1. The summed E-state index contributed by atoms with van der Waals surface area (Å²) in [5, 5.41) is 15.5. The van der Waals surface area contributed by atoms with Gasteiger partial charge >= 0.3 is 5.97 Å². The summed E-state index contributed by atoms with van der Waals surface area (Å²) in [6.07, 6.45) is -1.13. The largest absolute Gasteiger partial charge is 0.448 e. The fraction of sp³-hybridized carbons (Fsp3) is 0.150. The smallest absolute Gasteiger partial charge is 0.358 e. The first-order valence-corrected chi connectivity index (χ1v) is 9.98. The van der Waals surface area contributed by atoms with Crippen LogP contribution >= 0.6 is 22.9 Å². The van der Waals surface area contributed by atoms with Gasteiger partial charge in [-0.2, -0.15) is 0 Å². The van der Waals surface area contributed by atoms with Crippen LogP contribution in [0.5, 0.6) is 0 Å². The molecule has 1 aromatic heterocycles. The minimum Gasteiger partial charge on any atom is -0.448 e. The van der Waals surface area contributed by atoms with Crippen molar-refractivity contribution < 1.29 is 19.2 Å². The first kappa shape index (κ1) is 21.4. The molecule has 0 spiro atoms. The van der Waals surface area contributed by atoms with Gasteiger partial charge in [0, 0.05) is 23.1 Å². The Kier molecular flexibility index (Phi) is 6.43. The van der Waals surface area contributed by atoms with E-state index in [1.807, 2.05) is 31.2 Å². The number of aromatic nitrogens is 1. The van der Waals surface area contributed by atoms with Crippen LogP contribution in [-0.4, -0.2) is 27.9 Å². The zero-order valence-corrected chi connectivity index (χ0v) is 17.5. The molecule has 1 N–H and O–H groups in total. The summed E-state index contributed by atoms with van der Waals surface area (Å²) in [6, 6.07) is 11.4. The van der Waals surface area contributed by atoms with Crippen molar-refractivity contribution in [3.05, 3.63) is 74.2 Å². The van der Waals surface area contributed by atoms with Crippen molar-refractivity contribution in [2.45, 2.75) is 20.0 Å². The molecule has 0 aliphatic heterocycles. The molecule has 1 amide bonds. The summed E-state index contributed by atoms with van der Waals surface area (Å²) < 4.78 is 5.18. The number of halogens is 1. The number of thiazole rings is 1. The quantitative estimate of drug-likeness (QED) is 0.329. The molecule has 0 aliphatic rings. The summed E-state index contributed by atoms with van der Waals surface area (Å²) >= 11 is 7.25. The number of ether oxygens (including phenoxy) is 1. The molecule has 3 aromatic rings. The summed E-state index contributed by atoms with van der Waals surface area (Å²) in [5.41, 5.74) is 2.06. The van der Waals surface area contributed by atoms with Crippen LogP contribution in [0.15, 0.2) is 47.8 Å². The number of esters is 1. The van der Waals surface area contributed by atoms with Crippen molar-refractivity contribution >= 4 is 46.2 Å². The fourth-order valence-electron chi connectivity index (χ4n) is 2.42. The van der Waals surface area contributed by atoms with E-state index >= 15 is 0 Å². The van der Waals surface area contributed by atoms with E-state index < -0.39 is 22.9 Å². The second kappa shape index (κ2) is 9.02. The molecule has 1 atom stereocenters. The second-order valence-electron chi connectivity index (χ2n) is 6.36. The van der Waals surface area contributed by atoms with Crippen LogP contribution in [0.4, 0.5) is 11.4 Å². The van der Waals surface area contributed by atoms with Crippen LogP contribution in [0.1, 0.15) is 23.0 Å². The molecule has 0 fully saturated rings. The van der Waals surface area contributed by atoms with Crippen LogP contribution in [0.3, 0.4) is 0 Å². The van der Waals surface area contributed by atoms with Crippen molar-refractivity contribution in [1.29, 1.82) is 0 Å².